The summed E-state index contributed by atoms with van der Waals surface area (Å²) in [5.74, 6) is -0.420. The normalized spacial score (nSPS) is 23.6. The first kappa shape index (κ1) is 26.7. The molecule has 0 radical (unpaired) electrons. The van der Waals surface area contributed by atoms with Gasteiger partial charge >= 0.3 is 0 Å². The maximum atomic E-state index is 12.9. The van der Waals surface area contributed by atoms with Gasteiger partial charge in [0.25, 0.3) is 0 Å². The van der Waals surface area contributed by atoms with E-state index >= 15 is 0 Å². The highest BCUT2D eigenvalue weighted by Crippen LogP contribution is 2.28. The van der Waals surface area contributed by atoms with Crippen molar-refractivity contribution in [2.24, 2.45) is 11.7 Å². The first-order chi connectivity index (χ1) is 16.1. The molecule has 2 saturated heterocycles. The summed E-state index contributed by atoms with van der Waals surface area (Å²) >= 11 is 0. The fraction of sp³-hybridized carbons (Fsp3) is 0.696. The Balaban J connectivity index is 1.76. The Kier molecular flexibility index (Phi) is 8.86. The van der Waals surface area contributed by atoms with Crippen LogP contribution in [0.1, 0.15) is 26.7 Å². The molecule has 0 spiro atoms. The number of nitrogens with two attached hydrogens (primary N) is 1. The van der Waals surface area contributed by atoms with Crippen molar-refractivity contribution in [1.82, 2.24) is 4.90 Å². The molecule has 3 rings (SSSR count). The van der Waals surface area contributed by atoms with Crippen LogP contribution in [0.5, 0.6) is 0 Å². The van der Waals surface area contributed by atoms with E-state index in [0.717, 1.165) is 30.8 Å². The summed E-state index contributed by atoms with van der Waals surface area (Å²) in [6.45, 7) is 7.01. The van der Waals surface area contributed by atoms with Crippen molar-refractivity contribution in [2.45, 2.75) is 32.7 Å². The van der Waals surface area contributed by atoms with Crippen LogP contribution in [0, 0.1) is 5.92 Å². The second-order valence-corrected chi connectivity index (χ2v) is 13.8. The molecule has 2 aliphatic heterocycles. The van der Waals surface area contributed by atoms with E-state index in [-0.39, 0.29) is 41.7 Å². The molecule has 0 aliphatic carbocycles. The summed E-state index contributed by atoms with van der Waals surface area (Å²) in [6, 6.07) is 8.28. The summed E-state index contributed by atoms with van der Waals surface area (Å²) in [7, 11) is -6.43. The molecule has 0 saturated carbocycles. The second kappa shape index (κ2) is 11.3. The predicted octanol–water partition coefficient (Wildman–Crippen LogP) is 0.748. The molecule has 1 aromatic carbocycles. The summed E-state index contributed by atoms with van der Waals surface area (Å²) in [4.78, 5) is 19.1. The van der Waals surface area contributed by atoms with Gasteiger partial charge in [-0.1, -0.05) is 13.8 Å². The minimum Gasteiger partial charge on any atom is -0.369 e. The first-order valence-electron chi connectivity index (χ1n) is 12.1. The molecule has 1 aromatic rings. The van der Waals surface area contributed by atoms with Crippen LogP contribution in [0.25, 0.3) is 0 Å². The van der Waals surface area contributed by atoms with Crippen LogP contribution in [-0.4, -0.2) is 96.0 Å². The highest BCUT2D eigenvalue weighted by atomic mass is 32.2. The van der Waals surface area contributed by atoms with Gasteiger partial charge in [-0.25, -0.2) is 16.8 Å². The maximum Gasteiger partial charge on any atom is 0.237 e. The van der Waals surface area contributed by atoms with Gasteiger partial charge in [-0.15, -0.1) is 0 Å². The number of amides is 1. The molecule has 0 aromatic heterocycles. The lowest BCUT2D eigenvalue weighted by molar-refractivity contribution is -0.129. The predicted molar refractivity (Wildman–Crippen MR) is 137 cm³/mol. The van der Waals surface area contributed by atoms with E-state index in [1.807, 2.05) is 12.1 Å². The maximum absolute atomic E-state index is 12.9. The minimum atomic E-state index is -3.50. The van der Waals surface area contributed by atoms with Gasteiger partial charge in [-0.2, -0.15) is 0 Å². The fourth-order valence-electron chi connectivity index (χ4n) is 4.71. The van der Waals surface area contributed by atoms with Crippen LogP contribution in [0.4, 0.5) is 11.4 Å². The number of nitrogens with zero attached hydrogens (tertiary/aromatic N) is 3. The summed E-state index contributed by atoms with van der Waals surface area (Å²) in [5, 5.41) is 0. The Bertz CT molecular complexity index is 1030. The molecule has 0 unspecified atom stereocenters. The van der Waals surface area contributed by atoms with Crippen molar-refractivity contribution < 1.29 is 21.6 Å². The minimum absolute atomic E-state index is 0.0157. The fourth-order valence-corrected chi connectivity index (χ4v) is 6.97. The van der Waals surface area contributed by atoms with Gasteiger partial charge in [0.1, 0.15) is 5.75 Å². The highest BCUT2D eigenvalue weighted by molar-refractivity contribution is 7.92. The number of benzene rings is 1. The van der Waals surface area contributed by atoms with Crippen LogP contribution in [0.2, 0.25) is 0 Å². The quantitative estimate of drug-likeness (QED) is 0.539. The lowest BCUT2D eigenvalue weighted by atomic mass is 10.0. The number of carbonyl (C=O) groups is 1. The Morgan fingerprint density at radius 2 is 1.62 bits per heavy atom. The van der Waals surface area contributed by atoms with Crippen molar-refractivity contribution in [1.29, 1.82) is 0 Å². The van der Waals surface area contributed by atoms with Crippen LogP contribution in [0.3, 0.4) is 0 Å². The van der Waals surface area contributed by atoms with E-state index in [1.54, 1.807) is 4.90 Å². The monoisotopic (exact) mass is 514 g/mol. The van der Waals surface area contributed by atoms with E-state index in [0.29, 0.717) is 26.2 Å². The van der Waals surface area contributed by atoms with Gasteiger partial charge in [0.15, 0.2) is 19.7 Å². The number of hydrogen-bond donors (Lipinski definition) is 1. The van der Waals surface area contributed by atoms with E-state index in [2.05, 4.69) is 35.8 Å². The standard InChI is InChI=1S/C23H38N4O5S2/c1-3-19-15-26(23(28)18-34(31,32)12-9-24)17-20(4-2)27(16-19)22-7-5-21(6-8-22)25-10-13-33(29,30)14-11-25/h5-8,19-20H,3-4,9-18,24H2,1-2H3/t19-,20+/m1/s1. The molecular formula is C23H38N4O5S2. The third kappa shape index (κ3) is 6.85. The molecule has 11 heteroatoms. The van der Waals surface area contributed by atoms with Gasteiger partial charge in [-0.3, -0.25) is 4.79 Å². The summed E-state index contributed by atoms with van der Waals surface area (Å²) < 4.78 is 47.8. The Morgan fingerprint density at radius 1 is 1.00 bits per heavy atom. The second-order valence-electron chi connectivity index (χ2n) is 9.32. The molecule has 2 atom stereocenters. The summed E-state index contributed by atoms with van der Waals surface area (Å²) in [5.41, 5.74) is 7.46. The molecule has 0 bridgehead atoms. The Morgan fingerprint density at radius 3 is 2.18 bits per heavy atom. The SMILES string of the molecule is CC[C@@H]1CN(C(=O)CS(=O)(=O)CCN)C[C@H](CC)N(c2ccc(N3CCS(=O)(=O)CC3)cc2)C1. The van der Waals surface area contributed by atoms with Crippen molar-refractivity contribution in [3.8, 4) is 0 Å². The average molecular weight is 515 g/mol. The van der Waals surface area contributed by atoms with Crippen LogP contribution >= 0.6 is 0 Å². The highest BCUT2D eigenvalue weighted by Gasteiger charge is 2.32. The van der Waals surface area contributed by atoms with Gasteiger partial charge in [0.2, 0.25) is 5.91 Å². The number of anilines is 2. The van der Waals surface area contributed by atoms with E-state index in [1.165, 1.54) is 0 Å². The lowest BCUT2D eigenvalue weighted by Gasteiger charge is -2.34. The molecule has 192 valence electrons. The number of sulfone groups is 2. The number of rotatable bonds is 8. The van der Waals surface area contributed by atoms with Crippen molar-refractivity contribution >= 4 is 37.0 Å². The average Bonchev–Trinajstić information content (AvgIpc) is 2.98. The first-order valence-corrected chi connectivity index (χ1v) is 15.7. The van der Waals surface area contributed by atoms with Crippen molar-refractivity contribution in [2.75, 3.05) is 72.1 Å². The van der Waals surface area contributed by atoms with Gasteiger partial charge < -0.3 is 20.4 Å². The molecule has 2 aliphatic rings. The van der Waals surface area contributed by atoms with E-state index in [4.69, 9.17) is 5.73 Å². The zero-order valence-electron chi connectivity index (χ0n) is 20.2. The van der Waals surface area contributed by atoms with E-state index in [9.17, 15) is 21.6 Å². The summed E-state index contributed by atoms with van der Waals surface area (Å²) in [6.07, 6.45) is 1.70. The topological polar surface area (TPSA) is 121 Å². The third-order valence-electron chi connectivity index (χ3n) is 6.87. The molecule has 2 fully saturated rings. The molecule has 9 nitrogen and oxygen atoms in total. The van der Waals surface area contributed by atoms with Gasteiger partial charge in [0, 0.05) is 56.7 Å². The van der Waals surface area contributed by atoms with Crippen LogP contribution in [-0.2, 0) is 24.5 Å². The third-order valence-corrected chi connectivity index (χ3v) is 10.0. The molecule has 34 heavy (non-hydrogen) atoms. The lowest BCUT2D eigenvalue weighted by Crippen LogP contribution is -2.44. The van der Waals surface area contributed by atoms with Crippen LogP contribution < -0.4 is 15.5 Å². The smallest absolute Gasteiger partial charge is 0.237 e. The largest absolute Gasteiger partial charge is 0.369 e. The molecule has 2 N–H and O–H groups in total. The van der Waals surface area contributed by atoms with Gasteiger partial charge in [-0.05, 0) is 43.0 Å². The van der Waals surface area contributed by atoms with Crippen molar-refractivity contribution in [3.63, 3.8) is 0 Å². The molecule has 2 heterocycles. The number of carbonyl (C=O) groups excluding carboxylic acids is 1. The van der Waals surface area contributed by atoms with Gasteiger partial charge in [0.05, 0.1) is 17.3 Å². The van der Waals surface area contributed by atoms with Crippen molar-refractivity contribution in [3.05, 3.63) is 24.3 Å². The Labute approximate surface area is 204 Å². The molecule has 1 amide bonds. The van der Waals surface area contributed by atoms with E-state index < -0.39 is 25.4 Å². The molecular weight excluding hydrogens is 476 g/mol. The van der Waals surface area contributed by atoms with Crippen LogP contribution in [0.15, 0.2) is 24.3 Å². The zero-order chi connectivity index (χ0) is 24.9. The Hall–Kier alpha value is -1.85. The zero-order valence-corrected chi connectivity index (χ0v) is 21.9. The number of hydrogen-bond acceptors (Lipinski definition) is 8.